The van der Waals surface area contributed by atoms with E-state index in [4.69, 9.17) is 14.2 Å². The lowest BCUT2D eigenvalue weighted by Crippen LogP contribution is -2.45. The Labute approximate surface area is 201 Å². The SMILES string of the molecule is CCOC(=O)c1c(C)c(C(=O)C(C)N(CCOC)S(=O)(=O)c2ccc(OC)cc2)c(C)n1CC. The number of nitrogens with zero attached hydrogens (tertiary/aromatic N) is 2. The predicted molar refractivity (Wildman–Crippen MR) is 128 cm³/mol. The average Bonchev–Trinajstić information content (AvgIpc) is 3.07. The molecule has 0 aliphatic heterocycles. The van der Waals surface area contributed by atoms with Gasteiger partial charge in [0, 0.05) is 31.5 Å². The largest absolute Gasteiger partial charge is 0.497 e. The van der Waals surface area contributed by atoms with Gasteiger partial charge in [0.2, 0.25) is 10.0 Å². The Bertz CT molecular complexity index is 1120. The lowest BCUT2D eigenvalue weighted by Gasteiger charge is -2.27. The summed E-state index contributed by atoms with van der Waals surface area (Å²) in [4.78, 5) is 26.3. The van der Waals surface area contributed by atoms with Crippen LogP contribution in [-0.4, -0.2) is 69.1 Å². The molecule has 1 aromatic carbocycles. The van der Waals surface area contributed by atoms with Gasteiger partial charge in [-0.2, -0.15) is 4.31 Å². The van der Waals surface area contributed by atoms with Gasteiger partial charge in [0.25, 0.3) is 0 Å². The maximum atomic E-state index is 13.7. The number of carbonyl (C=O) groups excluding carboxylic acids is 2. The molecule has 9 nitrogen and oxygen atoms in total. The molecule has 2 rings (SSSR count). The number of Topliss-reactive ketones (excluding diaryl/α,β-unsaturated/α-hetero) is 1. The molecule has 0 bridgehead atoms. The monoisotopic (exact) mass is 494 g/mol. The number of benzene rings is 1. The second-order valence-corrected chi connectivity index (χ2v) is 9.61. The fourth-order valence-electron chi connectivity index (χ4n) is 4.04. The van der Waals surface area contributed by atoms with Gasteiger partial charge in [0.15, 0.2) is 5.78 Å². The van der Waals surface area contributed by atoms with E-state index in [0.717, 1.165) is 4.31 Å². The van der Waals surface area contributed by atoms with Crippen LogP contribution in [0.15, 0.2) is 29.2 Å². The van der Waals surface area contributed by atoms with Gasteiger partial charge in [-0.25, -0.2) is 13.2 Å². The fraction of sp³-hybridized carbons (Fsp3) is 0.500. The molecular weight excluding hydrogens is 460 g/mol. The number of rotatable bonds is 12. The summed E-state index contributed by atoms with van der Waals surface area (Å²) < 4.78 is 45.3. The molecule has 0 spiro atoms. The zero-order valence-electron chi connectivity index (χ0n) is 20.9. The smallest absolute Gasteiger partial charge is 0.355 e. The van der Waals surface area contributed by atoms with Crippen molar-refractivity contribution < 1.29 is 32.2 Å². The quantitative estimate of drug-likeness (QED) is 0.330. The molecule has 1 heterocycles. The summed E-state index contributed by atoms with van der Waals surface area (Å²) in [5, 5.41) is 0. The molecule has 1 atom stereocenters. The van der Waals surface area contributed by atoms with Crippen molar-refractivity contribution in [1.82, 2.24) is 8.87 Å². The van der Waals surface area contributed by atoms with Crippen LogP contribution in [0.4, 0.5) is 0 Å². The van der Waals surface area contributed by atoms with E-state index in [0.29, 0.717) is 34.8 Å². The Hall–Kier alpha value is -2.69. The number of aromatic nitrogens is 1. The van der Waals surface area contributed by atoms with Gasteiger partial charge in [-0.05, 0) is 64.4 Å². The molecule has 1 unspecified atom stereocenters. The first-order valence-corrected chi connectivity index (χ1v) is 12.6. The van der Waals surface area contributed by atoms with Crippen molar-refractivity contribution in [1.29, 1.82) is 0 Å². The number of methoxy groups -OCH3 is 2. The average molecular weight is 495 g/mol. The van der Waals surface area contributed by atoms with Gasteiger partial charge in [-0.3, -0.25) is 4.79 Å². The molecule has 0 amide bonds. The van der Waals surface area contributed by atoms with Gasteiger partial charge in [0.05, 0.1) is 31.3 Å². The molecule has 10 heteroatoms. The van der Waals surface area contributed by atoms with Crippen molar-refractivity contribution in [2.45, 2.75) is 52.1 Å². The fourth-order valence-corrected chi connectivity index (χ4v) is 5.62. The van der Waals surface area contributed by atoms with Crippen molar-refractivity contribution in [2.24, 2.45) is 0 Å². The summed E-state index contributed by atoms with van der Waals surface area (Å²) >= 11 is 0. The van der Waals surface area contributed by atoms with Crippen molar-refractivity contribution >= 4 is 21.8 Å². The summed E-state index contributed by atoms with van der Waals surface area (Å²) in [5.41, 5.74) is 1.69. The normalized spacial score (nSPS) is 12.6. The number of sulfonamides is 1. The lowest BCUT2D eigenvalue weighted by atomic mass is 10.0. The van der Waals surface area contributed by atoms with Crippen LogP contribution in [-0.2, 0) is 26.0 Å². The molecule has 0 saturated heterocycles. The van der Waals surface area contributed by atoms with E-state index in [1.54, 1.807) is 44.4 Å². The van der Waals surface area contributed by atoms with Crippen LogP contribution in [0.2, 0.25) is 0 Å². The van der Waals surface area contributed by atoms with Crippen molar-refractivity contribution in [2.75, 3.05) is 34.0 Å². The topological polar surface area (TPSA) is 104 Å². The van der Waals surface area contributed by atoms with Crippen LogP contribution < -0.4 is 4.74 Å². The van der Waals surface area contributed by atoms with Crippen LogP contribution in [0.25, 0.3) is 0 Å². The summed E-state index contributed by atoms with van der Waals surface area (Å²) in [6.07, 6.45) is 0. The minimum Gasteiger partial charge on any atom is -0.497 e. The highest BCUT2D eigenvalue weighted by Gasteiger charge is 2.36. The maximum absolute atomic E-state index is 13.7. The number of hydrogen-bond acceptors (Lipinski definition) is 7. The first-order chi connectivity index (χ1) is 16.1. The Morgan fingerprint density at radius 1 is 1.09 bits per heavy atom. The van der Waals surface area contributed by atoms with Gasteiger partial charge in [-0.15, -0.1) is 0 Å². The maximum Gasteiger partial charge on any atom is 0.355 e. The van der Waals surface area contributed by atoms with Crippen LogP contribution >= 0.6 is 0 Å². The van der Waals surface area contributed by atoms with Crippen LogP contribution in [0, 0.1) is 13.8 Å². The molecule has 2 aromatic rings. The molecule has 0 saturated carbocycles. The predicted octanol–water partition coefficient (Wildman–Crippen LogP) is 3.22. The molecule has 1 aromatic heterocycles. The zero-order chi connectivity index (χ0) is 25.6. The van der Waals surface area contributed by atoms with E-state index in [2.05, 4.69) is 0 Å². The summed E-state index contributed by atoms with van der Waals surface area (Å²) in [5.74, 6) is -0.398. The van der Waals surface area contributed by atoms with Gasteiger partial charge in [-0.1, -0.05) is 0 Å². The van der Waals surface area contributed by atoms with Crippen molar-refractivity contribution in [3.05, 3.63) is 46.8 Å². The second kappa shape index (κ2) is 11.6. The molecular formula is C24H34N2O7S. The minimum absolute atomic E-state index is 0.0188. The van der Waals surface area contributed by atoms with Crippen LogP contribution in [0.5, 0.6) is 5.75 Å². The van der Waals surface area contributed by atoms with Crippen molar-refractivity contribution in [3.8, 4) is 5.75 Å². The highest BCUT2D eigenvalue weighted by atomic mass is 32.2. The molecule has 0 aliphatic carbocycles. The standard InChI is InChI=1S/C24H34N2O7S/c1-8-25-17(4)21(16(3)22(25)24(28)33-9-2)23(27)18(5)26(14-15-31-6)34(29,30)20-12-10-19(32-7)11-13-20/h10-13,18H,8-9,14-15H2,1-7H3. The van der Waals surface area contributed by atoms with E-state index in [1.807, 2.05) is 6.92 Å². The van der Waals surface area contributed by atoms with E-state index < -0.39 is 27.8 Å². The molecule has 0 aliphatic rings. The Kier molecular flexibility index (Phi) is 9.43. The number of hydrogen-bond donors (Lipinski definition) is 0. The molecule has 188 valence electrons. The highest BCUT2D eigenvalue weighted by Crippen LogP contribution is 2.28. The van der Waals surface area contributed by atoms with Crippen LogP contribution in [0.1, 0.15) is 52.9 Å². The third-order valence-electron chi connectivity index (χ3n) is 5.79. The minimum atomic E-state index is -4.03. The summed E-state index contributed by atoms with van der Waals surface area (Å²) in [7, 11) is -1.07. The summed E-state index contributed by atoms with van der Waals surface area (Å²) in [6.45, 7) is 9.31. The molecule has 0 fully saturated rings. The van der Waals surface area contributed by atoms with Crippen LogP contribution in [0.3, 0.4) is 0 Å². The first-order valence-electron chi connectivity index (χ1n) is 11.1. The van der Waals surface area contributed by atoms with Gasteiger partial charge in [0.1, 0.15) is 11.4 Å². The van der Waals surface area contributed by atoms with E-state index >= 15 is 0 Å². The van der Waals surface area contributed by atoms with E-state index in [9.17, 15) is 18.0 Å². The third kappa shape index (κ3) is 5.34. The Morgan fingerprint density at radius 2 is 1.71 bits per heavy atom. The number of esters is 1. The van der Waals surface area contributed by atoms with E-state index in [-0.39, 0.29) is 24.7 Å². The van der Waals surface area contributed by atoms with Gasteiger partial charge >= 0.3 is 5.97 Å². The Balaban J connectivity index is 2.55. The third-order valence-corrected chi connectivity index (χ3v) is 7.78. The molecule has 0 N–H and O–H groups in total. The number of ketones is 1. The highest BCUT2D eigenvalue weighted by molar-refractivity contribution is 7.89. The molecule has 34 heavy (non-hydrogen) atoms. The molecule has 0 radical (unpaired) electrons. The van der Waals surface area contributed by atoms with Gasteiger partial charge < -0.3 is 18.8 Å². The second-order valence-electron chi connectivity index (χ2n) is 7.72. The lowest BCUT2D eigenvalue weighted by molar-refractivity contribution is 0.0512. The van der Waals surface area contributed by atoms with E-state index in [1.165, 1.54) is 26.4 Å². The summed E-state index contributed by atoms with van der Waals surface area (Å²) in [6, 6.07) is 4.94. The first kappa shape index (κ1) is 27.6. The van der Waals surface area contributed by atoms with Crippen molar-refractivity contribution in [3.63, 3.8) is 0 Å². The zero-order valence-corrected chi connectivity index (χ0v) is 21.7. The number of carbonyl (C=O) groups is 2. The Morgan fingerprint density at radius 3 is 2.21 bits per heavy atom. The number of ether oxygens (including phenoxy) is 3.